The first-order valence-electron chi connectivity index (χ1n) is 6.34. The molecule has 0 saturated heterocycles. The van der Waals surface area contributed by atoms with Gasteiger partial charge in [0, 0.05) is 18.4 Å². The van der Waals surface area contributed by atoms with Crippen LogP contribution in [0.2, 0.25) is 0 Å². The summed E-state index contributed by atoms with van der Waals surface area (Å²) in [7, 11) is 1.67. The van der Waals surface area contributed by atoms with Crippen molar-refractivity contribution in [1.29, 1.82) is 0 Å². The van der Waals surface area contributed by atoms with Crippen LogP contribution in [0.3, 0.4) is 0 Å². The highest BCUT2D eigenvalue weighted by molar-refractivity contribution is 9.10. The van der Waals surface area contributed by atoms with Gasteiger partial charge in [0.25, 0.3) is 0 Å². The number of nitrogen functional groups attached to an aromatic ring is 1. The summed E-state index contributed by atoms with van der Waals surface area (Å²) < 4.78 is 8.41. The fourth-order valence-corrected chi connectivity index (χ4v) is 2.93. The van der Waals surface area contributed by atoms with Crippen LogP contribution in [-0.2, 0) is 6.54 Å². The first kappa shape index (κ1) is 13.1. The number of halogens is 1. The molecule has 4 heteroatoms. The van der Waals surface area contributed by atoms with Crippen LogP contribution in [0, 0.1) is 0 Å². The van der Waals surface area contributed by atoms with Crippen molar-refractivity contribution in [2.45, 2.75) is 6.54 Å². The van der Waals surface area contributed by atoms with E-state index in [1.54, 1.807) is 7.11 Å². The maximum Gasteiger partial charge on any atom is 0.133 e. The molecule has 102 valence electrons. The molecule has 0 unspecified atom stereocenters. The number of anilines is 1. The minimum absolute atomic E-state index is 0.786. The molecule has 0 saturated carbocycles. The quantitative estimate of drug-likeness (QED) is 0.736. The van der Waals surface area contributed by atoms with Gasteiger partial charge in [0.2, 0.25) is 0 Å². The molecule has 1 heterocycles. The predicted octanol–water partition coefficient (Wildman–Crippen LogP) is 4.04. The van der Waals surface area contributed by atoms with E-state index >= 15 is 0 Å². The molecule has 1 aromatic heterocycles. The molecule has 0 atom stereocenters. The van der Waals surface area contributed by atoms with E-state index in [1.807, 2.05) is 24.3 Å². The molecule has 0 aliphatic heterocycles. The highest BCUT2D eigenvalue weighted by atomic mass is 79.9. The second kappa shape index (κ2) is 5.21. The standard InChI is InChI=1S/C16H15BrN2O/c1-20-16-5-2-11(8-14(16)17)10-19-7-6-12-3-4-13(18)9-15(12)19/h2-9H,10,18H2,1H3. The normalized spacial score (nSPS) is 10.9. The van der Waals surface area contributed by atoms with Gasteiger partial charge in [0.05, 0.1) is 17.1 Å². The van der Waals surface area contributed by atoms with Gasteiger partial charge in [-0.05, 0) is 57.2 Å². The van der Waals surface area contributed by atoms with Gasteiger partial charge < -0.3 is 15.0 Å². The van der Waals surface area contributed by atoms with Gasteiger partial charge in [-0.3, -0.25) is 0 Å². The molecule has 0 amide bonds. The lowest BCUT2D eigenvalue weighted by atomic mass is 10.2. The molecule has 0 spiro atoms. The number of nitrogens with zero attached hydrogens (tertiary/aromatic N) is 1. The fourth-order valence-electron chi connectivity index (χ4n) is 2.34. The van der Waals surface area contributed by atoms with E-state index in [0.29, 0.717) is 0 Å². The van der Waals surface area contributed by atoms with E-state index in [9.17, 15) is 0 Å². The summed E-state index contributed by atoms with van der Waals surface area (Å²) in [5.41, 5.74) is 9.01. The largest absolute Gasteiger partial charge is 0.496 e. The van der Waals surface area contributed by atoms with Crippen molar-refractivity contribution in [2.75, 3.05) is 12.8 Å². The minimum atomic E-state index is 0.786. The lowest BCUT2D eigenvalue weighted by molar-refractivity contribution is 0.412. The third-order valence-corrected chi connectivity index (χ3v) is 3.99. The third-order valence-electron chi connectivity index (χ3n) is 3.37. The zero-order valence-electron chi connectivity index (χ0n) is 11.1. The van der Waals surface area contributed by atoms with Crippen LogP contribution in [0.15, 0.2) is 53.1 Å². The van der Waals surface area contributed by atoms with Crippen molar-refractivity contribution in [3.63, 3.8) is 0 Å². The molecular formula is C16H15BrN2O. The Labute approximate surface area is 126 Å². The zero-order valence-corrected chi connectivity index (χ0v) is 12.7. The average Bonchev–Trinajstić information content (AvgIpc) is 2.82. The van der Waals surface area contributed by atoms with Gasteiger partial charge in [-0.15, -0.1) is 0 Å². The van der Waals surface area contributed by atoms with Crippen molar-refractivity contribution >= 4 is 32.5 Å². The summed E-state index contributed by atoms with van der Waals surface area (Å²) in [4.78, 5) is 0. The first-order valence-corrected chi connectivity index (χ1v) is 7.13. The van der Waals surface area contributed by atoms with E-state index in [1.165, 1.54) is 10.9 Å². The van der Waals surface area contributed by atoms with Crippen LogP contribution in [0.4, 0.5) is 5.69 Å². The molecule has 3 rings (SSSR count). The van der Waals surface area contributed by atoms with Gasteiger partial charge in [0.15, 0.2) is 0 Å². The van der Waals surface area contributed by atoms with Crippen LogP contribution < -0.4 is 10.5 Å². The van der Waals surface area contributed by atoms with E-state index in [0.717, 1.165) is 28.0 Å². The smallest absolute Gasteiger partial charge is 0.133 e. The van der Waals surface area contributed by atoms with Gasteiger partial charge in [-0.1, -0.05) is 12.1 Å². The summed E-state index contributed by atoms with van der Waals surface area (Å²) >= 11 is 3.52. The molecule has 2 aromatic carbocycles. The Balaban J connectivity index is 1.97. The molecular weight excluding hydrogens is 316 g/mol. The van der Waals surface area contributed by atoms with Crippen molar-refractivity contribution in [3.05, 3.63) is 58.7 Å². The molecule has 20 heavy (non-hydrogen) atoms. The van der Waals surface area contributed by atoms with E-state index < -0.39 is 0 Å². The monoisotopic (exact) mass is 330 g/mol. The van der Waals surface area contributed by atoms with E-state index in [-0.39, 0.29) is 0 Å². The van der Waals surface area contributed by atoms with Crippen molar-refractivity contribution in [1.82, 2.24) is 4.57 Å². The number of nitrogens with two attached hydrogens (primary N) is 1. The molecule has 2 N–H and O–H groups in total. The predicted molar refractivity (Wildman–Crippen MR) is 86.1 cm³/mol. The summed E-state index contributed by atoms with van der Waals surface area (Å²) in [5.74, 6) is 0.843. The summed E-state index contributed by atoms with van der Waals surface area (Å²) in [5, 5.41) is 1.20. The second-order valence-electron chi connectivity index (χ2n) is 4.73. The number of hydrogen-bond donors (Lipinski definition) is 1. The number of hydrogen-bond acceptors (Lipinski definition) is 2. The Morgan fingerprint density at radius 1 is 1.15 bits per heavy atom. The van der Waals surface area contributed by atoms with Gasteiger partial charge in [-0.25, -0.2) is 0 Å². The molecule has 3 aromatic rings. The Hall–Kier alpha value is -1.94. The highest BCUT2D eigenvalue weighted by Crippen LogP contribution is 2.27. The van der Waals surface area contributed by atoms with Crippen LogP contribution >= 0.6 is 15.9 Å². The van der Waals surface area contributed by atoms with Gasteiger partial charge in [-0.2, -0.15) is 0 Å². The summed E-state index contributed by atoms with van der Waals surface area (Å²) in [6, 6.07) is 14.2. The Kier molecular flexibility index (Phi) is 3.40. The summed E-state index contributed by atoms with van der Waals surface area (Å²) in [6.07, 6.45) is 2.09. The van der Waals surface area contributed by atoms with Crippen molar-refractivity contribution < 1.29 is 4.74 Å². The fraction of sp³-hybridized carbons (Fsp3) is 0.125. The van der Waals surface area contributed by atoms with Crippen LogP contribution in [-0.4, -0.2) is 11.7 Å². The maximum atomic E-state index is 5.87. The average molecular weight is 331 g/mol. The highest BCUT2D eigenvalue weighted by Gasteiger charge is 2.05. The van der Waals surface area contributed by atoms with E-state index in [2.05, 4.69) is 44.9 Å². The Morgan fingerprint density at radius 3 is 2.75 bits per heavy atom. The lowest BCUT2D eigenvalue weighted by Crippen LogP contribution is -1.98. The Morgan fingerprint density at radius 2 is 2.00 bits per heavy atom. The van der Waals surface area contributed by atoms with Crippen LogP contribution in [0.1, 0.15) is 5.56 Å². The molecule has 3 nitrogen and oxygen atoms in total. The molecule has 0 fully saturated rings. The van der Waals surface area contributed by atoms with Crippen molar-refractivity contribution in [3.8, 4) is 5.75 Å². The number of aromatic nitrogens is 1. The molecule has 0 aliphatic rings. The Bertz CT molecular complexity index is 764. The lowest BCUT2D eigenvalue weighted by Gasteiger charge is -2.09. The van der Waals surface area contributed by atoms with Crippen molar-refractivity contribution in [2.24, 2.45) is 0 Å². The number of benzene rings is 2. The summed E-state index contributed by atoms with van der Waals surface area (Å²) in [6.45, 7) is 0.801. The molecule has 0 radical (unpaired) electrons. The van der Waals surface area contributed by atoms with Crippen LogP contribution in [0.5, 0.6) is 5.75 Å². The number of methoxy groups -OCH3 is 1. The third kappa shape index (κ3) is 2.39. The number of fused-ring (bicyclic) bond motifs is 1. The SMILES string of the molecule is COc1ccc(Cn2ccc3ccc(N)cc32)cc1Br. The van der Waals surface area contributed by atoms with E-state index in [4.69, 9.17) is 10.5 Å². The molecule has 0 aliphatic carbocycles. The number of ether oxygens (including phenoxy) is 1. The molecule has 0 bridgehead atoms. The zero-order chi connectivity index (χ0) is 14.1. The number of rotatable bonds is 3. The van der Waals surface area contributed by atoms with Gasteiger partial charge >= 0.3 is 0 Å². The maximum absolute atomic E-state index is 5.87. The van der Waals surface area contributed by atoms with Crippen LogP contribution in [0.25, 0.3) is 10.9 Å². The first-order chi connectivity index (χ1) is 9.67. The van der Waals surface area contributed by atoms with Gasteiger partial charge in [0.1, 0.15) is 5.75 Å². The topological polar surface area (TPSA) is 40.2 Å². The second-order valence-corrected chi connectivity index (χ2v) is 5.59. The minimum Gasteiger partial charge on any atom is -0.496 e.